The molecule has 3 aromatic carbocycles. The lowest BCUT2D eigenvalue weighted by Crippen LogP contribution is -2.37. The molecule has 0 saturated heterocycles. The Morgan fingerprint density at radius 2 is 1.68 bits per heavy atom. The normalized spacial score (nSPS) is 11.1. The highest BCUT2D eigenvalue weighted by atomic mass is 35.5. The Kier molecular flexibility index (Phi) is 7.40. The molecule has 0 unspecified atom stereocenters. The number of halogens is 2. The van der Waals surface area contributed by atoms with Gasteiger partial charge in [-0.2, -0.15) is 5.10 Å². The fourth-order valence-corrected chi connectivity index (χ4v) is 3.86. The van der Waals surface area contributed by atoms with Crippen molar-refractivity contribution in [2.45, 2.75) is 6.54 Å². The second-order valence-electron chi connectivity index (χ2n) is 8.30. The van der Waals surface area contributed by atoms with E-state index in [1.54, 1.807) is 52.0 Å². The Bertz CT molecular complexity index is 1270. The lowest BCUT2D eigenvalue weighted by molar-refractivity contribution is 0.0722. The van der Waals surface area contributed by atoms with Crippen LogP contribution in [0.3, 0.4) is 0 Å². The summed E-state index contributed by atoms with van der Waals surface area (Å²) >= 11 is 6.23. The molecule has 4 rings (SSSR count). The molecule has 34 heavy (non-hydrogen) atoms. The number of hydrogen-bond donors (Lipinski definition) is 0. The molecule has 0 saturated carbocycles. The van der Waals surface area contributed by atoms with E-state index in [4.69, 9.17) is 11.6 Å². The van der Waals surface area contributed by atoms with Crippen molar-refractivity contribution in [3.8, 4) is 16.9 Å². The van der Waals surface area contributed by atoms with Crippen LogP contribution in [0.4, 0.5) is 4.39 Å². The predicted octanol–water partition coefficient (Wildman–Crippen LogP) is 5.54. The highest BCUT2D eigenvalue weighted by Gasteiger charge is 2.24. The van der Waals surface area contributed by atoms with Gasteiger partial charge in [0, 0.05) is 30.2 Å². The summed E-state index contributed by atoms with van der Waals surface area (Å²) in [4.78, 5) is 17.7. The van der Waals surface area contributed by atoms with Gasteiger partial charge in [-0.05, 0) is 56.1 Å². The molecule has 7 heteroatoms. The quantitative estimate of drug-likeness (QED) is 0.335. The first-order valence-corrected chi connectivity index (χ1v) is 11.4. The standard InChI is InChI=1S/C27H26ClFN4O/c1-31(2)15-16-32(19-20-9-4-3-5-10-20)27(34)26-18-25(23-13-6-7-14-24(23)29)30-33(26)22-12-8-11-21(28)17-22/h3-14,17-18H,15-16,19H2,1-2H3. The van der Waals surface area contributed by atoms with Crippen molar-refractivity contribution in [1.82, 2.24) is 19.6 Å². The van der Waals surface area contributed by atoms with E-state index in [-0.39, 0.29) is 5.91 Å². The van der Waals surface area contributed by atoms with Gasteiger partial charge in [0.25, 0.3) is 5.91 Å². The van der Waals surface area contributed by atoms with Crippen LogP contribution in [0, 0.1) is 5.82 Å². The second-order valence-corrected chi connectivity index (χ2v) is 8.74. The smallest absolute Gasteiger partial charge is 0.272 e. The fourth-order valence-electron chi connectivity index (χ4n) is 3.68. The first-order valence-electron chi connectivity index (χ1n) is 11.0. The summed E-state index contributed by atoms with van der Waals surface area (Å²) in [6.45, 7) is 1.67. The summed E-state index contributed by atoms with van der Waals surface area (Å²) in [5.74, 6) is -0.591. The molecule has 0 N–H and O–H groups in total. The Labute approximate surface area is 204 Å². The summed E-state index contributed by atoms with van der Waals surface area (Å²) in [7, 11) is 3.94. The molecule has 0 spiro atoms. The number of carbonyl (C=O) groups is 1. The molecule has 0 atom stereocenters. The minimum atomic E-state index is -0.397. The molecular formula is C27H26ClFN4O. The maximum atomic E-state index is 14.6. The van der Waals surface area contributed by atoms with Crippen LogP contribution in [0.1, 0.15) is 16.1 Å². The van der Waals surface area contributed by atoms with Gasteiger partial charge in [-0.3, -0.25) is 4.79 Å². The molecule has 1 heterocycles. The van der Waals surface area contributed by atoms with Crippen molar-refractivity contribution >= 4 is 17.5 Å². The number of likely N-dealkylation sites (N-methyl/N-ethyl adjacent to an activating group) is 1. The van der Waals surface area contributed by atoms with Crippen LogP contribution in [-0.4, -0.2) is 52.7 Å². The van der Waals surface area contributed by atoms with E-state index in [0.29, 0.717) is 47.3 Å². The molecule has 1 aromatic heterocycles. The van der Waals surface area contributed by atoms with Gasteiger partial charge < -0.3 is 9.80 Å². The van der Waals surface area contributed by atoms with Gasteiger partial charge in [0.2, 0.25) is 0 Å². The topological polar surface area (TPSA) is 41.4 Å². The molecular weight excluding hydrogens is 451 g/mol. The third kappa shape index (κ3) is 5.53. The molecule has 0 radical (unpaired) electrons. The van der Waals surface area contributed by atoms with Crippen molar-refractivity contribution in [2.24, 2.45) is 0 Å². The minimum Gasteiger partial charge on any atom is -0.332 e. The second kappa shape index (κ2) is 10.6. The highest BCUT2D eigenvalue weighted by Crippen LogP contribution is 2.26. The number of amides is 1. The van der Waals surface area contributed by atoms with Crippen molar-refractivity contribution < 1.29 is 9.18 Å². The van der Waals surface area contributed by atoms with Crippen LogP contribution < -0.4 is 0 Å². The lowest BCUT2D eigenvalue weighted by Gasteiger charge is -2.25. The van der Waals surface area contributed by atoms with Gasteiger partial charge in [-0.15, -0.1) is 0 Å². The maximum absolute atomic E-state index is 14.6. The number of rotatable bonds is 8. The zero-order valence-corrected chi connectivity index (χ0v) is 19.9. The summed E-state index contributed by atoms with van der Waals surface area (Å²) in [6.07, 6.45) is 0. The SMILES string of the molecule is CN(C)CCN(Cc1ccccc1)C(=O)c1cc(-c2ccccc2F)nn1-c1cccc(Cl)c1. The number of nitrogens with zero attached hydrogens (tertiary/aromatic N) is 4. The molecule has 174 valence electrons. The van der Waals surface area contributed by atoms with Crippen LogP contribution in [0.15, 0.2) is 84.9 Å². The number of carbonyl (C=O) groups excluding carboxylic acids is 1. The molecule has 0 aliphatic heterocycles. The Balaban J connectivity index is 1.79. The third-order valence-electron chi connectivity index (χ3n) is 5.45. The van der Waals surface area contributed by atoms with Crippen molar-refractivity contribution in [1.29, 1.82) is 0 Å². The van der Waals surface area contributed by atoms with E-state index >= 15 is 0 Å². The van der Waals surface area contributed by atoms with Crippen molar-refractivity contribution in [3.05, 3.63) is 107 Å². The van der Waals surface area contributed by atoms with Gasteiger partial charge in [0.05, 0.1) is 11.4 Å². The van der Waals surface area contributed by atoms with E-state index in [2.05, 4.69) is 5.10 Å². The van der Waals surface area contributed by atoms with Crippen LogP contribution >= 0.6 is 11.6 Å². The highest BCUT2D eigenvalue weighted by molar-refractivity contribution is 6.30. The summed E-state index contributed by atoms with van der Waals surface area (Å²) in [5, 5.41) is 5.14. The lowest BCUT2D eigenvalue weighted by atomic mass is 10.1. The molecule has 0 aliphatic carbocycles. The van der Waals surface area contributed by atoms with Crippen molar-refractivity contribution in [2.75, 3.05) is 27.2 Å². The summed E-state index contributed by atoms with van der Waals surface area (Å²) in [6, 6.07) is 25.0. The molecule has 0 fully saturated rings. The predicted molar refractivity (Wildman–Crippen MR) is 134 cm³/mol. The molecule has 0 bridgehead atoms. The van der Waals surface area contributed by atoms with E-state index < -0.39 is 5.82 Å². The number of benzene rings is 3. The van der Waals surface area contributed by atoms with E-state index in [1.807, 2.05) is 55.4 Å². The van der Waals surface area contributed by atoms with E-state index in [9.17, 15) is 9.18 Å². The first kappa shape index (κ1) is 23.7. The van der Waals surface area contributed by atoms with Gasteiger partial charge in [-0.1, -0.05) is 60.1 Å². The fraction of sp³-hybridized carbons (Fsp3) is 0.185. The maximum Gasteiger partial charge on any atom is 0.272 e. The molecule has 0 aliphatic rings. The van der Waals surface area contributed by atoms with Crippen LogP contribution in [-0.2, 0) is 6.54 Å². The average molecular weight is 477 g/mol. The number of aromatic nitrogens is 2. The van der Waals surface area contributed by atoms with Gasteiger partial charge in [-0.25, -0.2) is 9.07 Å². The van der Waals surface area contributed by atoms with E-state index in [1.165, 1.54) is 6.07 Å². The third-order valence-corrected chi connectivity index (χ3v) is 5.69. The zero-order chi connectivity index (χ0) is 24.1. The first-order chi connectivity index (χ1) is 16.4. The average Bonchev–Trinajstić information content (AvgIpc) is 3.27. The molecule has 4 aromatic rings. The minimum absolute atomic E-state index is 0.194. The van der Waals surface area contributed by atoms with Gasteiger partial charge in [0.15, 0.2) is 0 Å². The monoisotopic (exact) mass is 476 g/mol. The Morgan fingerprint density at radius 3 is 2.38 bits per heavy atom. The Morgan fingerprint density at radius 1 is 0.941 bits per heavy atom. The molecule has 1 amide bonds. The Hall–Kier alpha value is -3.48. The summed E-state index contributed by atoms with van der Waals surface area (Å²) < 4.78 is 16.1. The van der Waals surface area contributed by atoms with Gasteiger partial charge >= 0.3 is 0 Å². The summed E-state index contributed by atoms with van der Waals surface area (Å²) in [5.41, 5.74) is 2.72. The van der Waals surface area contributed by atoms with Gasteiger partial charge in [0.1, 0.15) is 11.5 Å². The number of hydrogen-bond acceptors (Lipinski definition) is 3. The van der Waals surface area contributed by atoms with Crippen LogP contribution in [0.2, 0.25) is 5.02 Å². The van der Waals surface area contributed by atoms with Crippen LogP contribution in [0.25, 0.3) is 16.9 Å². The zero-order valence-electron chi connectivity index (χ0n) is 19.2. The molecule has 5 nitrogen and oxygen atoms in total. The van der Waals surface area contributed by atoms with Crippen molar-refractivity contribution in [3.63, 3.8) is 0 Å². The largest absolute Gasteiger partial charge is 0.332 e. The van der Waals surface area contributed by atoms with E-state index in [0.717, 1.165) is 5.56 Å². The van der Waals surface area contributed by atoms with Crippen LogP contribution in [0.5, 0.6) is 0 Å².